The standard InChI is InChI=1S/C31H18O4/c1-3-19-11-15-21(16-12-19)31(22-17-13-20(4-2)14-18-22)25-9-5-7-23(29(32)33)27(25)28-24(30(34)35)8-6-10-26(28)31/h1-2,5-18H,(H,32,33)(H,34,35). The molecule has 1 aliphatic rings. The van der Waals surface area contributed by atoms with Crippen LogP contribution in [0.25, 0.3) is 11.1 Å². The summed E-state index contributed by atoms with van der Waals surface area (Å²) in [4.78, 5) is 24.6. The van der Waals surface area contributed by atoms with E-state index in [0.29, 0.717) is 33.4 Å². The zero-order chi connectivity index (χ0) is 24.7. The number of carboxylic acids is 2. The second kappa shape index (κ2) is 8.06. The lowest BCUT2D eigenvalue weighted by molar-refractivity contribution is 0.0684. The van der Waals surface area contributed by atoms with Crippen molar-refractivity contribution in [1.29, 1.82) is 0 Å². The molecule has 2 N–H and O–H groups in total. The number of carbonyl (C=O) groups is 2. The summed E-state index contributed by atoms with van der Waals surface area (Å²) in [7, 11) is 0. The Hall–Kier alpha value is -5.06. The topological polar surface area (TPSA) is 74.6 Å². The Labute approximate surface area is 202 Å². The van der Waals surface area contributed by atoms with Crippen LogP contribution in [-0.2, 0) is 5.41 Å². The minimum Gasteiger partial charge on any atom is -0.478 e. The lowest BCUT2D eigenvalue weighted by Gasteiger charge is -2.34. The van der Waals surface area contributed by atoms with Gasteiger partial charge in [0, 0.05) is 22.3 Å². The van der Waals surface area contributed by atoms with Crippen molar-refractivity contribution in [2.24, 2.45) is 0 Å². The molecule has 4 nitrogen and oxygen atoms in total. The number of carboxylic acid groups (broad SMARTS) is 2. The van der Waals surface area contributed by atoms with Crippen molar-refractivity contribution in [3.8, 4) is 35.8 Å². The van der Waals surface area contributed by atoms with Crippen molar-refractivity contribution in [1.82, 2.24) is 0 Å². The molecule has 0 saturated heterocycles. The number of terminal acetylenes is 2. The fraction of sp³-hybridized carbons (Fsp3) is 0.0323. The summed E-state index contributed by atoms with van der Waals surface area (Å²) in [5.41, 5.74) is 4.31. The maximum atomic E-state index is 12.3. The maximum absolute atomic E-state index is 12.3. The summed E-state index contributed by atoms with van der Waals surface area (Å²) in [6.07, 6.45) is 11.2. The molecule has 1 aliphatic carbocycles. The second-order valence-electron chi connectivity index (χ2n) is 8.26. The van der Waals surface area contributed by atoms with E-state index in [9.17, 15) is 19.8 Å². The predicted octanol–water partition coefficient (Wildman–Crippen LogP) is 5.41. The highest BCUT2D eigenvalue weighted by Gasteiger charge is 2.48. The first-order valence-electron chi connectivity index (χ1n) is 10.8. The smallest absolute Gasteiger partial charge is 0.336 e. The number of hydrogen-bond donors (Lipinski definition) is 2. The van der Waals surface area contributed by atoms with Gasteiger partial charge in [0.25, 0.3) is 0 Å². The van der Waals surface area contributed by atoms with Crippen LogP contribution < -0.4 is 0 Å². The minimum atomic E-state index is -1.13. The molecule has 0 aliphatic heterocycles. The monoisotopic (exact) mass is 454 g/mol. The first-order valence-corrected chi connectivity index (χ1v) is 10.8. The van der Waals surface area contributed by atoms with Gasteiger partial charge in [0.2, 0.25) is 0 Å². The second-order valence-corrected chi connectivity index (χ2v) is 8.26. The van der Waals surface area contributed by atoms with Gasteiger partial charge >= 0.3 is 11.9 Å². The van der Waals surface area contributed by atoms with Gasteiger partial charge in [0.1, 0.15) is 0 Å². The Morgan fingerprint density at radius 1 is 0.600 bits per heavy atom. The van der Waals surface area contributed by atoms with Crippen molar-refractivity contribution in [3.63, 3.8) is 0 Å². The summed E-state index contributed by atoms with van der Waals surface area (Å²) in [5, 5.41) is 20.1. The van der Waals surface area contributed by atoms with E-state index in [1.807, 2.05) is 60.7 Å². The normalized spacial score (nSPS) is 12.6. The molecule has 0 spiro atoms. The van der Waals surface area contributed by atoms with E-state index in [1.165, 1.54) is 12.1 Å². The van der Waals surface area contributed by atoms with Crippen molar-refractivity contribution < 1.29 is 19.8 Å². The van der Waals surface area contributed by atoms with Gasteiger partial charge in [0.15, 0.2) is 0 Å². The molecule has 0 heterocycles. The first-order chi connectivity index (χ1) is 16.9. The Morgan fingerprint density at radius 3 is 1.29 bits per heavy atom. The zero-order valence-electron chi connectivity index (χ0n) is 18.4. The van der Waals surface area contributed by atoms with E-state index in [0.717, 1.165) is 11.1 Å². The van der Waals surface area contributed by atoms with Crippen LogP contribution in [0.5, 0.6) is 0 Å². The highest BCUT2D eigenvalue weighted by Crippen LogP contribution is 2.57. The summed E-state index contributed by atoms with van der Waals surface area (Å²) < 4.78 is 0. The van der Waals surface area contributed by atoms with Crippen LogP contribution >= 0.6 is 0 Å². The summed E-state index contributed by atoms with van der Waals surface area (Å²) in [6.45, 7) is 0. The van der Waals surface area contributed by atoms with Gasteiger partial charge in [-0.15, -0.1) is 12.8 Å². The highest BCUT2D eigenvalue weighted by molar-refractivity contribution is 6.07. The lowest BCUT2D eigenvalue weighted by atomic mass is 9.67. The molecular weight excluding hydrogens is 436 g/mol. The van der Waals surface area contributed by atoms with E-state index in [1.54, 1.807) is 12.1 Å². The van der Waals surface area contributed by atoms with Gasteiger partial charge in [-0.25, -0.2) is 9.59 Å². The van der Waals surface area contributed by atoms with Crippen LogP contribution in [-0.4, -0.2) is 22.2 Å². The van der Waals surface area contributed by atoms with E-state index in [4.69, 9.17) is 12.8 Å². The van der Waals surface area contributed by atoms with Gasteiger partial charge in [-0.1, -0.05) is 60.4 Å². The number of benzene rings is 4. The molecular formula is C31H18O4. The molecule has 4 heteroatoms. The van der Waals surface area contributed by atoms with E-state index in [-0.39, 0.29) is 11.1 Å². The van der Waals surface area contributed by atoms with Crippen molar-refractivity contribution in [2.45, 2.75) is 5.41 Å². The molecule has 0 fully saturated rings. The van der Waals surface area contributed by atoms with E-state index >= 15 is 0 Å². The molecule has 4 aromatic rings. The molecule has 0 bridgehead atoms. The fourth-order valence-electron chi connectivity index (χ4n) is 5.19. The van der Waals surface area contributed by atoms with Gasteiger partial charge in [-0.05, 0) is 58.7 Å². The van der Waals surface area contributed by atoms with E-state index in [2.05, 4.69) is 11.8 Å². The van der Waals surface area contributed by atoms with E-state index < -0.39 is 17.4 Å². The van der Waals surface area contributed by atoms with Gasteiger partial charge in [-0.2, -0.15) is 0 Å². The number of fused-ring (bicyclic) bond motifs is 3. The van der Waals surface area contributed by atoms with Crippen LogP contribution in [0.3, 0.4) is 0 Å². The molecule has 0 radical (unpaired) electrons. The molecule has 0 atom stereocenters. The van der Waals surface area contributed by atoms with Crippen LogP contribution in [0.2, 0.25) is 0 Å². The largest absolute Gasteiger partial charge is 0.478 e. The van der Waals surface area contributed by atoms with Crippen molar-refractivity contribution in [3.05, 3.63) is 129 Å². The number of rotatable bonds is 4. The molecule has 166 valence electrons. The molecule has 4 aromatic carbocycles. The van der Waals surface area contributed by atoms with Crippen LogP contribution in [0.4, 0.5) is 0 Å². The Kier molecular flexibility index (Phi) is 5.01. The third-order valence-corrected chi connectivity index (χ3v) is 6.62. The van der Waals surface area contributed by atoms with Crippen molar-refractivity contribution in [2.75, 3.05) is 0 Å². The maximum Gasteiger partial charge on any atom is 0.336 e. The SMILES string of the molecule is C#Cc1ccc(C2(c3ccc(C#C)cc3)c3cccc(C(=O)O)c3-c3c(C(=O)O)cccc32)cc1. The molecule has 0 amide bonds. The lowest BCUT2D eigenvalue weighted by Crippen LogP contribution is -2.29. The average Bonchev–Trinajstić information content (AvgIpc) is 3.20. The van der Waals surface area contributed by atoms with Gasteiger partial charge < -0.3 is 10.2 Å². The summed E-state index contributed by atoms with van der Waals surface area (Å²) in [6, 6.07) is 25.0. The van der Waals surface area contributed by atoms with Crippen LogP contribution in [0.15, 0.2) is 84.9 Å². The van der Waals surface area contributed by atoms with Crippen LogP contribution in [0, 0.1) is 24.7 Å². The zero-order valence-corrected chi connectivity index (χ0v) is 18.4. The quantitative estimate of drug-likeness (QED) is 0.356. The molecule has 5 rings (SSSR count). The third kappa shape index (κ3) is 3.05. The fourth-order valence-corrected chi connectivity index (χ4v) is 5.19. The summed E-state index contributed by atoms with van der Waals surface area (Å²) >= 11 is 0. The number of aromatic carboxylic acids is 2. The average molecular weight is 454 g/mol. The summed E-state index contributed by atoms with van der Waals surface area (Å²) in [5.74, 6) is 2.98. The highest BCUT2D eigenvalue weighted by atomic mass is 16.4. The Morgan fingerprint density at radius 2 is 0.971 bits per heavy atom. The molecule has 0 unspecified atom stereocenters. The van der Waals surface area contributed by atoms with Gasteiger partial charge in [-0.3, -0.25) is 0 Å². The first kappa shape index (κ1) is 21.8. The minimum absolute atomic E-state index is 0.0415. The Balaban J connectivity index is 2.01. The third-order valence-electron chi connectivity index (χ3n) is 6.62. The van der Waals surface area contributed by atoms with Gasteiger partial charge in [0.05, 0.1) is 16.5 Å². The Bertz CT molecular complexity index is 1470. The van der Waals surface area contributed by atoms with Crippen LogP contribution in [0.1, 0.15) is 54.1 Å². The molecule has 35 heavy (non-hydrogen) atoms. The molecule has 0 saturated carbocycles. The number of hydrogen-bond acceptors (Lipinski definition) is 2. The van der Waals surface area contributed by atoms with Crippen molar-refractivity contribution >= 4 is 11.9 Å². The predicted molar refractivity (Wildman–Crippen MR) is 134 cm³/mol. The molecule has 0 aromatic heterocycles.